The van der Waals surface area contributed by atoms with Crippen molar-refractivity contribution >= 4 is 28.4 Å². The minimum absolute atomic E-state index is 0.0188. The number of aliphatic hydroxyl groups is 1. The van der Waals surface area contributed by atoms with Gasteiger partial charge in [-0.1, -0.05) is 18.2 Å². The van der Waals surface area contributed by atoms with Crippen LogP contribution in [-0.4, -0.2) is 54.6 Å². The number of Topliss-reactive ketones (excluding diaryl/α,β-unsaturated/α-hetero) is 1. The van der Waals surface area contributed by atoms with Gasteiger partial charge >= 0.3 is 0 Å². The van der Waals surface area contributed by atoms with E-state index in [1.807, 2.05) is 36.5 Å². The number of aliphatic hydroxyl groups excluding tert-OH is 1. The van der Waals surface area contributed by atoms with Crippen molar-refractivity contribution in [1.29, 1.82) is 0 Å². The second-order valence-electron chi connectivity index (χ2n) is 8.94. The van der Waals surface area contributed by atoms with Crippen LogP contribution >= 0.6 is 0 Å². The number of aromatic nitrogens is 1. The normalized spacial score (nSPS) is 16.7. The standard InChI is InChI=1S/C30H28N2O6/c1-36-20-10-8-18(9-11-20)28(33)26-27(22-6-4-5-7-25(22)38-3)32(30(35)29(26)34)15-14-19-17-31-24-13-12-21(37-2)16-23(19)24/h4-13,16-17,27,31,33H,14-15H2,1-3H3/t27-/m0/s1. The van der Waals surface area contributed by atoms with E-state index in [0.717, 1.165) is 22.2 Å². The Hall–Kier alpha value is -4.72. The lowest BCUT2D eigenvalue weighted by Gasteiger charge is -2.26. The van der Waals surface area contributed by atoms with Crippen molar-refractivity contribution in [2.24, 2.45) is 0 Å². The Morgan fingerprint density at radius 1 is 0.921 bits per heavy atom. The molecule has 8 nitrogen and oxygen atoms in total. The summed E-state index contributed by atoms with van der Waals surface area (Å²) >= 11 is 0. The molecule has 1 fully saturated rings. The number of H-pyrrole nitrogens is 1. The zero-order valence-electron chi connectivity index (χ0n) is 21.4. The molecule has 4 aromatic rings. The number of benzene rings is 3. The van der Waals surface area contributed by atoms with E-state index >= 15 is 0 Å². The first-order chi connectivity index (χ1) is 18.5. The number of hydrogen-bond acceptors (Lipinski definition) is 6. The first-order valence-corrected chi connectivity index (χ1v) is 12.2. The van der Waals surface area contributed by atoms with Crippen LogP contribution in [0.15, 0.2) is 78.5 Å². The number of carbonyl (C=O) groups is 2. The Morgan fingerprint density at radius 2 is 1.63 bits per heavy atom. The second kappa shape index (κ2) is 10.3. The van der Waals surface area contributed by atoms with Gasteiger partial charge in [0.15, 0.2) is 0 Å². The van der Waals surface area contributed by atoms with E-state index in [9.17, 15) is 14.7 Å². The number of carbonyl (C=O) groups excluding carboxylic acids is 2. The molecular weight excluding hydrogens is 484 g/mol. The Morgan fingerprint density at radius 3 is 2.34 bits per heavy atom. The molecule has 3 aromatic carbocycles. The molecule has 2 N–H and O–H groups in total. The van der Waals surface area contributed by atoms with Crippen molar-refractivity contribution in [2.75, 3.05) is 27.9 Å². The summed E-state index contributed by atoms with van der Waals surface area (Å²) in [6.07, 6.45) is 2.38. The summed E-state index contributed by atoms with van der Waals surface area (Å²) in [5.41, 5.74) is 2.97. The van der Waals surface area contributed by atoms with Crippen molar-refractivity contribution in [1.82, 2.24) is 9.88 Å². The fourth-order valence-electron chi connectivity index (χ4n) is 4.96. The Bertz CT molecular complexity index is 1540. The zero-order valence-corrected chi connectivity index (χ0v) is 21.4. The van der Waals surface area contributed by atoms with E-state index in [2.05, 4.69) is 4.98 Å². The SMILES string of the molecule is COc1ccc(C(O)=C2C(=O)C(=O)N(CCc3c[nH]c4ccc(OC)cc34)[C@H]2c2ccccc2OC)cc1. The number of para-hydroxylation sites is 1. The Balaban J connectivity index is 1.57. The summed E-state index contributed by atoms with van der Waals surface area (Å²) in [6, 6.07) is 18.8. The van der Waals surface area contributed by atoms with Gasteiger partial charge in [0, 0.05) is 34.8 Å². The first kappa shape index (κ1) is 25.0. The third-order valence-corrected chi connectivity index (χ3v) is 6.93. The van der Waals surface area contributed by atoms with Crippen LogP contribution in [0.4, 0.5) is 0 Å². The molecule has 1 atom stereocenters. The van der Waals surface area contributed by atoms with Crippen LogP contribution < -0.4 is 14.2 Å². The van der Waals surface area contributed by atoms with Gasteiger partial charge in [-0.05, 0) is 60.5 Å². The largest absolute Gasteiger partial charge is 0.507 e. The Kier molecular flexibility index (Phi) is 6.79. The summed E-state index contributed by atoms with van der Waals surface area (Å²) in [6.45, 7) is 0.247. The summed E-state index contributed by atoms with van der Waals surface area (Å²) in [7, 11) is 4.70. The van der Waals surface area contributed by atoms with Gasteiger partial charge in [0.2, 0.25) is 0 Å². The molecule has 8 heteroatoms. The molecular formula is C30H28N2O6. The molecule has 2 heterocycles. The lowest BCUT2D eigenvalue weighted by Crippen LogP contribution is -2.31. The minimum Gasteiger partial charge on any atom is -0.507 e. The molecule has 1 amide bonds. The maximum atomic E-state index is 13.4. The molecule has 0 spiro atoms. The number of nitrogens with one attached hydrogen (secondary N) is 1. The highest BCUT2D eigenvalue weighted by molar-refractivity contribution is 6.46. The number of rotatable bonds is 8. The average Bonchev–Trinajstić information content (AvgIpc) is 3.48. The van der Waals surface area contributed by atoms with E-state index < -0.39 is 17.7 Å². The third-order valence-electron chi connectivity index (χ3n) is 6.93. The van der Waals surface area contributed by atoms with Crippen LogP contribution in [0.5, 0.6) is 17.2 Å². The van der Waals surface area contributed by atoms with Crippen LogP contribution in [-0.2, 0) is 16.0 Å². The minimum atomic E-state index is -0.826. The maximum Gasteiger partial charge on any atom is 0.295 e. The number of nitrogens with zero attached hydrogens (tertiary/aromatic N) is 1. The highest BCUT2D eigenvalue weighted by Gasteiger charge is 2.46. The van der Waals surface area contributed by atoms with Gasteiger partial charge < -0.3 is 29.2 Å². The topological polar surface area (TPSA) is 101 Å². The van der Waals surface area contributed by atoms with Crippen LogP contribution in [0.1, 0.15) is 22.7 Å². The van der Waals surface area contributed by atoms with Crippen molar-refractivity contribution in [3.8, 4) is 17.2 Å². The van der Waals surface area contributed by atoms with Crippen LogP contribution in [0.2, 0.25) is 0 Å². The number of likely N-dealkylation sites (tertiary alicyclic amines) is 1. The van der Waals surface area contributed by atoms with E-state index in [1.54, 1.807) is 50.6 Å². The van der Waals surface area contributed by atoms with Gasteiger partial charge in [0.05, 0.1) is 32.9 Å². The number of ether oxygens (including phenoxy) is 3. The number of ketones is 1. The molecule has 38 heavy (non-hydrogen) atoms. The number of amides is 1. The molecule has 1 saturated heterocycles. The third kappa shape index (κ3) is 4.34. The average molecular weight is 513 g/mol. The van der Waals surface area contributed by atoms with Gasteiger partial charge in [0.25, 0.3) is 11.7 Å². The van der Waals surface area contributed by atoms with Gasteiger partial charge in [-0.2, -0.15) is 0 Å². The summed E-state index contributed by atoms with van der Waals surface area (Å²) < 4.78 is 16.2. The van der Waals surface area contributed by atoms with E-state index in [1.165, 1.54) is 12.0 Å². The van der Waals surface area contributed by atoms with Crippen molar-refractivity contribution < 1.29 is 28.9 Å². The summed E-state index contributed by atoms with van der Waals surface area (Å²) in [5.74, 6) is 0.192. The van der Waals surface area contributed by atoms with Crippen LogP contribution in [0.3, 0.4) is 0 Å². The number of methoxy groups -OCH3 is 3. The van der Waals surface area contributed by atoms with Gasteiger partial charge in [-0.3, -0.25) is 9.59 Å². The zero-order chi connectivity index (χ0) is 26.8. The molecule has 0 radical (unpaired) electrons. The molecule has 1 aliphatic rings. The second-order valence-corrected chi connectivity index (χ2v) is 8.94. The molecule has 0 saturated carbocycles. The molecule has 1 aromatic heterocycles. The highest BCUT2D eigenvalue weighted by atomic mass is 16.5. The first-order valence-electron chi connectivity index (χ1n) is 12.2. The van der Waals surface area contributed by atoms with Gasteiger partial charge in [-0.15, -0.1) is 0 Å². The van der Waals surface area contributed by atoms with E-state index in [0.29, 0.717) is 29.0 Å². The molecule has 1 aliphatic heterocycles. The predicted molar refractivity (Wildman–Crippen MR) is 144 cm³/mol. The van der Waals surface area contributed by atoms with Crippen molar-refractivity contribution in [2.45, 2.75) is 12.5 Å². The Labute approximate surface area is 220 Å². The van der Waals surface area contributed by atoms with Gasteiger partial charge in [-0.25, -0.2) is 0 Å². The van der Waals surface area contributed by atoms with E-state index in [4.69, 9.17) is 14.2 Å². The molecule has 0 bridgehead atoms. The maximum absolute atomic E-state index is 13.4. The number of hydrogen-bond donors (Lipinski definition) is 2. The number of fused-ring (bicyclic) bond motifs is 1. The molecule has 194 valence electrons. The monoisotopic (exact) mass is 512 g/mol. The quantitative estimate of drug-likeness (QED) is 0.199. The molecule has 0 aliphatic carbocycles. The number of aromatic amines is 1. The van der Waals surface area contributed by atoms with Gasteiger partial charge in [0.1, 0.15) is 23.0 Å². The highest BCUT2D eigenvalue weighted by Crippen LogP contribution is 2.43. The van der Waals surface area contributed by atoms with Crippen LogP contribution in [0, 0.1) is 0 Å². The van der Waals surface area contributed by atoms with E-state index in [-0.39, 0.29) is 17.9 Å². The fraction of sp³-hybridized carbons (Fsp3) is 0.200. The fourth-order valence-corrected chi connectivity index (χ4v) is 4.96. The summed E-state index contributed by atoms with van der Waals surface area (Å²) in [4.78, 5) is 31.6. The van der Waals surface area contributed by atoms with Crippen molar-refractivity contribution in [3.63, 3.8) is 0 Å². The molecule has 5 rings (SSSR count). The lowest BCUT2D eigenvalue weighted by molar-refractivity contribution is -0.139. The van der Waals surface area contributed by atoms with Crippen molar-refractivity contribution in [3.05, 3.63) is 95.2 Å². The summed E-state index contributed by atoms with van der Waals surface area (Å²) in [5, 5.41) is 12.3. The lowest BCUT2D eigenvalue weighted by atomic mass is 9.94. The molecule has 0 unspecified atom stereocenters. The predicted octanol–water partition coefficient (Wildman–Crippen LogP) is 4.86. The van der Waals surface area contributed by atoms with Crippen LogP contribution in [0.25, 0.3) is 16.7 Å². The smallest absolute Gasteiger partial charge is 0.295 e.